The number of hydrogen-bond acceptors (Lipinski definition) is 6. The minimum atomic E-state index is -0.598. The number of aryl methyl sites for hydroxylation is 1. The molecule has 0 radical (unpaired) electrons. The van der Waals surface area contributed by atoms with Crippen LogP contribution in [0.2, 0.25) is 0 Å². The fourth-order valence-electron chi connectivity index (χ4n) is 2.18. The molecule has 8 nitrogen and oxygen atoms in total. The summed E-state index contributed by atoms with van der Waals surface area (Å²) in [6, 6.07) is 11.3. The first-order valence-corrected chi connectivity index (χ1v) is 8.70. The summed E-state index contributed by atoms with van der Waals surface area (Å²) in [5.41, 5.74) is 1.37. The number of hydrogen-bond donors (Lipinski definition) is 2. The van der Waals surface area contributed by atoms with Crippen molar-refractivity contribution in [1.82, 2.24) is 0 Å². The van der Waals surface area contributed by atoms with Gasteiger partial charge >= 0.3 is 0 Å². The number of benzene rings is 2. The van der Waals surface area contributed by atoms with Gasteiger partial charge in [-0.3, -0.25) is 14.9 Å². The fourth-order valence-corrected chi connectivity index (χ4v) is 2.82. The van der Waals surface area contributed by atoms with Gasteiger partial charge in [0.2, 0.25) is 0 Å². The van der Waals surface area contributed by atoms with E-state index in [1.165, 1.54) is 31.5 Å². The number of non-ortho nitro benzene ring substituents is 1. The molecule has 9 heteroatoms. The molecule has 0 atom stereocenters. The van der Waals surface area contributed by atoms with Crippen LogP contribution in [0.1, 0.15) is 5.56 Å². The Morgan fingerprint density at radius 1 is 1.30 bits per heavy atom. The van der Waals surface area contributed by atoms with E-state index in [0.29, 0.717) is 11.4 Å². The van der Waals surface area contributed by atoms with E-state index in [0.717, 1.165) is 9.13 Å². The molecule has 2 aromatic carbocycles. The van der Waals surface area contributed by atoms with Crippen molar-refractivity contribution >= 4 is 45.6 Å². The molecule has 1 amide bonds. The molecule has 0 bridgehead atoms. The lowest BCUT2D eigenvalue weighted by Crippen LogP contribution is -2.15. The number of amides is 1. The summed E-state index contributed by atoms with van der Waals surface area (Å²) in [6.07, 6.45) is 1.18. The van der Waals surface area contributed by atoms with Crippen molar-refractivity contribution in [2.24, 2.45) is 0 Å². The summed E-state index contributed by atoms with van der Waals surface area (Å²) in [4.78, 5) is 22.7. The number of ether oxygens (including phenoxy) is 1. The second-order valence-corrected chi connectivity index (χ2v) is 6.61. The third-order valence-electron chi connectivity index (χ3n) is 3.57. The van der Waals surface area contributed by atoms with Gasteiger partial charge in [0.05, 0.1) is 17.7 Å². The zero-order valence-electron chi connectivity index (χ0n) is 14.4. The van der Waals surface area contributed by atoms with Crippen LogP contribution in [0.5, 0.6) is 5.75 Å². The van der Waals surface area contributed by atoms with Gasteiger partial charge in [-0.2, -0.15) is 5.26 Å². The lowest BCUT2D eigenvalue weighted by molar-refractivity contribution is -0.384. The molecule has 2 N–H and O–H groups in total. The van der Waals surface area contributed by atoms with Gasteiger partial charge in [-0.15, -0.1) is 0 Å². The lowest BCUT2D eigenvalue weighted by Gasteiger charge is -2.10. The van der Waals surface area contributed by atoms with E-state index in [1.54, 1.807) is 6.07 Å². The molecule has 2 rings (SSSR count). The Bertz CT molecular complexity index is 966. The van der Waals surface area contributed by atoms with Crippen LogP contribution < -0.4 is 15.4 Å². The second-order valence-electron chi connectivity index (χ2n) is 5.37. The van der Waals surface area contributed by atoms with Crippen molar-refractivity contribution in [1.29, 1.82) is 5.26 Å². The molecule has 0 aliphatic carbocycles. The average molecular weight is 478 g/mol. The van der Waals surface area contributed by atoms with Gasteiger partial charge in [0, 0.05) is 27.6 Å². The summed E-state index contributed by atoms with van der Waals surface area (Å²) in [7, 11) is 1.41. The Balaban J connectivity index is 2.23. The molecular formula is C18H15IN4O4. The standard InChI is InChI=1S/C18H15IN4O4/c1-11-7-13(19)3-5-15(11)22-18(24)12(9-20)10-21-16-8-14(23(25)26)4-6-17(16)27-2/h3-8,10,21H,1-2H3,(H,22,24)/b12-10-. The van der Waals surface area contributed by atoms with E-state index >= 15 is 0 Å². The van der Waals surface area contributed by atoms with E-state index in [4.69, 9.17) is 4.74 Å². The van der Waals surface area contributed by atoms with Gasteiger partial charge < -0.3 is 15.4 Å². The lowest BCUT2D eigenvalue weighted by atomic mass is 10.2. The van der Waals surface area contributed by atoms with E-state index < -0.39 is 10.8 Å². The number of nitrogens with zero attached hydrogens (tertiary/aromatic N) is 2. The highest BCUT2D eigenvalue weighted by Crippen LogP contribution is 2.29. The van der Waals surface area contributed by atoms with E-state index in [-0.39, 0.29) is 16.9 Å². The first-order chi connectivity index (χ1) is 12.8. The molecule has 0 spiro atoms. The molecule has 2 aromatic rings. The van der Waals surface area contributed by atoms with Crippen molar-refractivity contribution in [3.8, 4) is 11.8 Å². The SMILES string of the molecule is COc1ccc([N+](=O)[O-])cc1N/C=C(/C#N)C(=O)Nc1ccc(I)cc1C. The number of rotatable bonds is 6. The van der Waals surface area contributed by atoms with Crippen LogP contribution in [0.4, 0.5) is 17.1 Å². The third-order valence-corrected chi connectivity index (χ3v) is 4.24. The number of nitro benzene ring substituents is 1. The zero-order chi connectivity index (χ0) is 20.0. The van der Waals surface area contributed by atoms with Crippen LogP contribution in [0.25, 0.3) is 0 Å². The number of anilines is 2. The maximum absolute atomic E-state index is 12.3. The quantitative estimate of drug-likeness (QED) is 0.213. The minimum Gasteiger partial charge on any atom is -0.495 e. The molecule has 27 heavy (non-hydrogen) atoms. The molecule has 0 unspecified atom stereocenters. The first-order valence-electron chi connectivity index (χ1n) is 7.62. The second kappa shape index (κ2) is 9.00. The molecule has 0 heterocycles. The number of nitro groups is 1. The molecule has 0 saturated heterocycles. The fraction of sp³-hybridized carbons (Fsp3) is 0.111. The molecule has 138 valence electrons. The van der Waals surface area contributed by atoms with Crippen LogP contribution in [-0.4, -0.2) is 17.9 Å². The Labute approximate surface area is 169 Å². The minimum absolute atomic E-state index is 0.149. The van der Waals surface area contributed by atoms with Gasteiger partial charge in [0.15, 0.2) is 0 Å². The van der Waals surface area contributed by atoms with Crippen molar-refractivity contribution in [3.05, 3.63) is 67.4 Å². The van der Waals surface area contributed by atoms with Gasteiger partial charge in [0.25, 0.3) is 11.6 Å². The number of nitrogens with one attached hydrogen (secondary N) is 2. The van der Waals surface area contributed by atoms with Crippen molar-refractivity contribution in [2.45, 2.75) is 6.92 Å². The molecule has 0 aliphatic rings. The molecule has 0 aromatic heterocycles. The Hall–Kier alpha value is -3.13. The van der Waals surface area contributed by atoms with Crippen LogP contribution >= 0.6 is 22.6 Å². The monoisotopic (exact) mass is 478 g/mol. The van der Waals surface area contributed by atoms with Gasteiger partial charge in [0.1, 0.15) is 17.4 Å². The summed E-state index contributed by atoms with van der Waals surface area (Å²) in [5.74, 6) is -0.262. The number of nitriles is 1. The van der Waals surface area contributed by atoms with Crippen LogP contribution in [-0.2, 0) is 4.79 Å². The highest BCUT2D eigenvalue weighted by molar-refractivity contribution is 14.1. The smallest absolute Gasteiger partial charge is 0.271 e. The predicted octanol–water partition coefficient (Wildman–Crippen LogP) is 3.97. The molecule has 0 saturated carbocycles. The molecule has 0 aliphatic heterocycles. The first kappa shape index (κ1) is 20.2. The molecule has 0 fully saturated rings. The highest BCUT2D eigenvalue weighted by atomic mass is 127. The van der Waals surface area contributed by atoms with E-state index in [2.05, 4.69) is 33.2 Å². The summed E-state index contributed by atoms with van der Waals surface area (Å²) in [6.45, 7) is 1.85. The number of halogens is 1. The van der Waals surface area contributed by atoms with Crippen LogP contribution in [0, 0.1) is 31.9 Å². The van der Waals surface area contributed by atoms with Gasteiger partial charge in [-0.1, -0.05) is 0 Å². The van der Waals surface area contributed by atoms with E-state index in [1.807, 2.05) is 25.1 Å². The average Bonchev–Trinajstić information content (AvgIpc) is 2.64. The maximum atomic E-state index is 12.3. The summed E-state index contributed by atoms with van der Waals surface area (Å²) >= 11 is 2.16. The summed E-state index contributed by atoms with van der Waals surface area (Å²) in [5, 5.41) is 25.6. The van der Waals surface area contributed by atoms with Gasteiger partial charge in [-0.25, -0.2) is 0 Å². The van der Waals surface area contributed by atoms with Crippen LogP contribution in [0.15, 0.2) is 48.2 Å². The Morgan fingerprint density at radius 3 is 2.63 bits per heavy atom. The summed E-state index contributed by atoms with van der Waals surface area (Å²) < 4.78 is 6.16. The van der Waals surface area contributed by atoms with Crippen LogP contribution in [0.3, 0.4) is 0 Å². The zero-order valence-corrected chi connectivity index (χ0v) is 16.6. The van der Waals surface area contributed by atoms with Gasteiger partial charge in [-0.05, 0) is 59.3 Å². The Kier molecular flexibility index (Phi) is 6.73. The highest BCUT2D eigenvalue weighted by Gasteiger charge is 2.13. The number of carbonyl (C=O) groups excluding carboxylic acids is 1. The van der Waals surface area contributed by atoms with Crippen molar-refractivity contribution < 1.29 is 14.5 Å². The Morgan fingerprint density at radius 2 is 2.04 bits per heavy atom. The van der Waals surface area contributed by atoms with Crippen molar-refractivity contribution in [3.63, 3.8) is 0 Å². The van der Waals surface area contributed by atoms with E-state index in [9.17, 15) is 20.2 Å². The normalized spacial score (nSPS) is 10.7. The largest absolute Gasteiger partial charge is 0.495 e. The topological polar surface area (TPSA) is 117 Å². The number of carbonyl (C=O) groups is 1. The third kappa shape index (κ3) is 5.18. The predicted molar refractivity (Wildman–Crippen MR) is 109 cm³/mol. The maximum Gasteiger partial charge on any atom is 0.271 e. The van der Waals surface area contributed by atoms with Crippen molar-refractivity contribution in [2.75, 3.05) is 17.7 Å². The molecular weight excluding hydrogens is 463 g/mol. The number of methoxy groups -OCH3 is 1.